The zero-order chi connectivity index (χ0) is 20.8. The van der Waals surface area contributed by atoms with Crippen molar-refractivity contribution in [1.29, 1.82) is 0 Å². The maximum absolute atomic E-state index is 13.5. The van der Waals surface area contributed by atoms with Gasteiger partial charge in [-0.25, -0.2) is 0 Å². The number of carbonyl (C=O) groups is 3. The molecule has 2 amide bonds. The molecule has 2 aromatic rings. The molecule has 158 valence electrons. The zero-order valence-corrected chi connectivity index (χ0v) is 17.0. The van der Waals surface area contributed by atoms with E-state index in [1.807, 2.05) is 0 Å². The highest BCUT2D eigenvalue weighted by Crippen LogP contribution is 2.34. The van der Waals surface area contributed by atoms with Crippen LogP contribution in [0.5, 0.6) is 0 Å². The van der Waals surface area contributed by atoms with Crippen LogP contribution < -0.4 is 5.32 Å². The SMILES string of the molecule is O=C(N[C@H](C(=O)N1C[C@H](Cl)[C@H]2OCC(=O)[C@H]21)C1CCCC1)c1ccc2n[nH]nc2c1. The third-order valence-electron chi connectivity index (χ3n) is 6.41. The van der Waals surface area contributed by atoms with Crippen molar-refractivity contribution in [2.24, 2.45) is 5.92 Å². The average Bonchev–Trinajstić information content (AvgIpc) is 3.52. The second kappa shape index (κ2) is 7.63. The van der Waals surface area contributed by atoms with E-state index in [-0.39, 0.29) is 36.7 Å². The molecule has 1 aliphatic carbocycles. The van der Waals surface area contributed by atoms with E-state index in [1.54, 1.807) is 18.2 Å². The van der Waals surface area contributed by atoms with Crippen LogP contribution in [-0.4, -0.2) is 74.6 Å². The molecule has 1 aromatic heterocycles. The maximum Gasteiger partial charge on any atom is 0.252 e. The second-order valence-corrected chi connectivity index (χ2v) is 8.78. The molecule has 9 nitrogen and oxygen atoms in total. The van der Waals surface area contributed by atoms with Gasteiger partial charge in [-0.1, -0.05) is 12.8 Å². The van der Waals surface area contributed by atoms with Gasteiger partial charge in [0.15, 0.2) is 5.78 Å². The lowest BCUT2D eigenvalue weighted by atomic mass is 9.95. The van der Waals surface area contributed by atoms with Crippen LogP contribution in [0, 0.1) is 5.92 Å². The molecule has 30 heavy (non-hydrogen) atoms. The van der Waals surface area contributed by atoms with E-state index in [0.29, 0.717) is 16.6 Å². The molecule has 3 aliphatic rings. The standard InChI is InChI=1S/C20H22ClN5O4/c21-12-8-26(17-15(27)9-30-18(12)17)20(29)16(10-3-1-2-4-10)22-19(28)11-5-6-13-14(7-11)24-25-23-13/h5-7,10,12,16-18H,1-4,8-9H2,(H,22,28)(H,23,24,25)/t12-,16-,17+,18+/m0/s1. The Bertz CT molecular complexity index is 1000. The number of halogens is 1. The number of aromatic nitrogens is 3. The monoisotopic (exact) mass is 431 g/mol. The van der Waals surface area contributed by atoms with E-state index in [9.17, 15) is 14.4 Å². The van der Waals surface area contributed by atoms with Crippen molar-refractivity contribution >= 4 is 40.2 Å². The number of carbonyl (C=O) groups excluding carboxylic acids is 3. The molecule has 2 N–H and O–H groups in total. The smallest absolute Gasteiger partial charge is 0.252 e. The number of alkyl halides is 1. The first-order valence-corrected chi connectivity index (χ1v) is 10.7. The van der Waals surface area contributed by atoms with Crippen LogP contribution in [0.25, 0.3) is 11.0 Å². The number of fused-ring (bicyclic) bond motifs is 2. The van der Waals surface area contributed by atoms with E-state index < -0.39 is 23.6 Å². The van der Waals surface area contributed by atoms with Gasteiger partial charge in [-0.15, -0.1) is 11.6 Å². The Morgan fingerprint density at radius 2 is 2.00 bits per heavy atom. The van der Waals surface area contributed by atoms with Crippen molar-refractivity contribution < 1.29 is 19.1 Å². The van der Waals surface area contributed by atoms with Crippen LogP contribution in [0.3, 0.4) is 0 Å². The fourth-order valence-electron chi connectivity index (χ4n) is 4.88. The molecule has 1 aromatic carbocycles. The first-order chi connectivity index (χ1) is 14.5. The number of Topliss-reactive ketones (excluding diaryl/α,β-unsaturated/α-hetero) is 1. The van der Waals surface area contributed by atoms with Gasteiger partial charge in [0, 0.05) is 12.1 Å². The largest absolute Gasteiger partial charge is 0.366 e. The lowest BCUT2D eigenvalue weighted by Crippen LogP contribution is -2.54. The Kier molecular flexibility index (Phi) is 4.94. The maximum atomic E-state index is 13.5. The van der Waals surface area contributed by atoms with Crippen LogP contribution in [0.1, 0.15) is 36.0 Å². The Labute approximate surface area is 177 Å². The minimum absolute atomic E-state index is 0.0273. The van der Waals surface area contributed by atoms with Gasteiger partial charge in [-0.3, -0.25) is 14.4 Å². The summed E-state index contributed by atoms with van der Waals surface area (Å²) in [6, 6.07) is 3.64. The van der Waals surface area contributed by atoms with E-state index in [4.69, 9.17) is 16.3 Å². The van der Waals surface area contributed by atoms with E-state index in [1.165, 1.54) is 4.90 Å². The van der Waals surface area contributed by atoms with Gasteiger partial charge in [0.05, 0.1) is 5.38 Å². The summed E-state index contributed by atoms with van der Waals surface area (Å²) < 4.78 is 5.49. The van der Waals surface area contributed by atoms with Gasteiger partial charge in [-0.05, 0) is 37.0 Å². The molecule has 0 unspecified atom stereocenters. The highest BCUT2D eigenvalue weighted by molar-refractivity contribution is 6.22. The van der Waals surface area contributed by atoms with Gasteiger partial charge in [0.25, 0.3) is 5.91 Å². The molecule has 1 saturated carbocycles. The summed E-state index contributed by atoms with van der Waals surface area (Å²) >= 11 is 6.35. The second-order valence-electron chi connectivity index (χ2n) is 8.22. The Hall–Kier alpha value is -2.52. The summed E-state index contributed by atoms with van der Waals surface area (Å²) in [5.41, 5.74) is 1.64. The summed E-state index contributed by atoms with van der Waals surface area (Å²) in [6.45, 7) is 0.214. The summed E-state index contributed by atoms with van der Waals surface area (Å²) in [4.78, 5) is 40.4. The number of aromatic amines is 1. The summed E-state index contributed by atoms with van der Waals surface area (Å²) in [6.07, 6.45) is 3.27. The normalized spacial score (nSPS) is 27.6. The van der Waals surface area contributed by atoms with Gasteiger partial charge >= 0.3 is 0 Å². The third kappa shape index (κ3) is 3.26. The van der Waals surface area contributed by atoms with E-state index in [2.05, 4.69) is 20.7 Å². The number of hydrogen-bond acceptors (Lipinski definition) is 6. The first kappa shape index (κ1) is 19.4. The van der Waals surface area contributed by atoms with Crippen LogP contribution in [0.2, 0.25) is 0 Å². The molecule has 2 saturated heterocycles. The number of rotatable bonds is 4. The van der Waals surface area contributed by atoms with Crippen molar-refractivity contribution in [3.8, 4) is 0 Å². The van der Waals surface area contributed by atoms with Crippen molar-refractivity contribution in [1.82, 2.24) is 25.6 Å². The fourth-order valence-corrected chi connectivity index (χ4v) is 5.24. The number of ketones is 1. The molecule has 2 aliphatic heterocycles. The summed E-state index contributed by atoms with van der Waals surface area (Å²) in [5.74, 6) is -0.709. The van der Waals surface area contributed by atoms with Crippen molar-refractivity contribution in [2.45, 2.75) is 49.2 Å². The number of nitrogens with one attached hydrogen (secondary N) is 2. The van der Waals surface area contributed by atoms with Crippen LogP contribution in [-0.2, 0) is 14.3 Å². The molecule has 5 rings (SSSR count). The molecular formula is C20H22ClN5O4. The third-order valence-corrected chi connectivity index (χ3v) is 6.79. The minimum atomic E-state index is -0.705. The van der Waals surface area contributed by atoms with Gasteiger partial charge in [0.1, 0.15) is 35.8 Å². The lowest BCUT2D eigenvalue weighted by molar-refractivity contribution is -0.139. The van der Waals surface area contributed by atoms with Crippen molar-refractivity contribution in [3.63, 3.8) is 0 Å². The molecule has 3 heterocycles. The van der Waals surface area contributed by atoms with Crippen molar-refractivity contribution in [2.75, 3.05) is 13.2 Å². The molecule has 0 bridgehead atoms. The number of ether oxygens (including phenoxy) is 1. The molecule has 0 radical (unpaired) electrons. The quantitative estimate of drug-likeness (QED) is 0.698. The number of H-pyrrole nitrogens is 1. The van der Waals surface area contributed by atoms with Crippen LogP contribution in [0.15, 0.2) is 18.2 Å². The number of nitrogens with zero attached hydrogens (tertiary/aromatic N) is 3. The Morgan fingerprint density at radius 3 is 2.80 bits per heavy atom. The molecule has 3 fully saturated rings. The minimum Gasteiger partial charge on any atom is -0.366 e. The predicted molar refractivity (Wildman–Crippen MR) is 107 cm³/mol. The van der Waals surface area contributed by atoms with Crippen LogP contribution in [0.4, 0.5) is 0 Å². The van der Waals surface area contributed by atoms with E-state index in [0.717, 1.165) is 25.7 Å². The summed E-state index contributed by atoms with van der Waals surface area (Å²) in [7, 11) is 0. The van der Waals surface area contributed by atoms with Crippen molar-refractivity contribution in [3.05, 3.63) is 23.8 Å². The predicted octanol–water partition coefficient (Wildman–Crippen LogP) is 1.03. The molecular weight excluding hydrogens is 410 g/mol. The molecule has 0 spiro atoms. The molecule has 4 atom stereocenters. The zero-order valence-electron chi connectivity index (χ0n) is 16.2. The number of likely N-dealkylation sites (tertiary alicyclic amines) is 1. The van der Waals surface area contributed by atoms with Gasteiger partial charge in [0.2, 0.25) is 5.91 Å². The topological polar surface area (TPSA) is 117 Å². The number of benzene rings is 1. The lowest BCUT2D eigenvalue weighted by Gasteiger charge is -2.30. The highest BCUT2D eigenvalue weighted by Gasteiger charge is 2.53. The van der Waals surface area contributed by atoms with Crippen LogP contribution >= 0.6 is 11.6 Å². The Morgan fingerprint density at radius 1 is 1.23 bits per heavy atom. The molecule has 10 heteroatoms. The first-order valence-electron chi connectivity index (χ1n) is 10.2. The number of hydrogen-bond donors (Lipinski definition) is 2. The Balaban J connectivity index is 1.40. The fraction of sp³-hybridized carbons (Fsp3) is 0.550. The van der Waals surface area contributed by atoms with Gasteiger partial charge < -0.3 is 15.0 Å². The van der Waals surface area contributed by atoms with E-state index >= 15 is 0 Å². The number of amides is 2. The highest BCUT2D eigenvalue weighted by atomic mass is 35.5. The van der Waals surface area contributed by atoms with Gasteiger partial charge in [-0.2, -0.15) is 15.4 Å². The summed E-state index contributed by atoms with van der Waals surface area (Å²) in [5, 5.41) is 13.0. The average molecular weight is 432 g/mol.